The van der Waals surface area contributed by atoms with Crippen LogP contribution in [0.5, 0.6) is 0 Å². The van der Waals surface area contributed by atoms with Crippen molar-refractivity contribution in [3.05, 3.63) is 76.3 Å². The molecule has 152 valence electrons. The van der Waals surface area contributed by atoms with Gasteiger partial charge in [-0.05, 0) is 56.7 Å². The molecule has 0 aliphatic carbocycles. The van der Waals surface area contributed by atoms with Gasteiger partial charge in [-0.2, -0.15) is 5.10 Å². The first-order valence-corrected chi connectivity index (χ1v) is 9.75. The van der Waals surface area contributed by atoms with Crippen LogP contribution < -0.4 is 10.2 Å². The summed E-state index contributed by atoms with van der Waals surface area (Å²) in [6.45, 7) is 6.29. The molecule has 3 aromatic rings. The van der Waals surface area contributed by atoms with Gasteiger partial charge in [0.15, 0.2) is 0 Å². The number of rotatable bonds is 6. The number of anilines is 2. The average molecular weight is 415 g/mol. The third-order valence-corrected chi connectivity index (χ3v) is 5.21. The van der Waals surface area contributed by atoms with Crippen LogP contribution in [0.3, 0.4) is 0 Å². The van der Waals surface area contributed by atoms with Crippen LogP contribution in [0.25, 0.3) is 0 Å². The summed E-state index contributed by atoms with van der Waals surface area (Å²) in [7, 11) is 2.01. The molecule has 0 fully saturated rings. The van der Waals surface area contributed by atoms with E-state index in [4.69, 9.17) is 11.6 Å². The van der Waals surface area contributed by atoms with Gasteiger partial charge in [0.1, 0.15) is 11.0 Å². The van der Waals surface area contributed by atoms with Gasteiger partial charge in [0.25, 0.3) is 5.91 Å². The van der Waals surface area contributed by atoms with Crippen LogP contribution in [0.2, 0.25) is 5.15 Å². The van der Waals surface area contributed by atoms with Crippen LogP contribution in [-0.2, 0) is 6.54 Å². The fourth-order valence-corrected chi connectivity index (χ4v) is 3.29. The lowest BCUT2D eigenvalue weighted by molar-refractivity contribution is 0.102. The van der Waals surface area contributed by atoms with Crippen LogP contribution >= 0.6 is 11.6 Å². The molecule has 0 aliphatic heterocycles. The van der Waals surface area contributed by atoms with Crippen molar-refractivity contribution >= 4 is 28.9 Å². The molecule has 5 nitrogen and oxygen atoms in total. The molecule has 1 aromatic heterocycles. The van der Waals surface area contributed by atoms with Crippen molar-refractivity contribution in [3.63, 3.8) is 0 Å². The Morgan fingerprint density at radius 2 is 1.93 bits per heavy atom. The average Bonchev–Trinajstić information content (AvgIpc) is 2.96. The maximum Gasteiger partial charge on any atom is 0.260 e. The number of benzene rings is 2. The van der Waals surface area contributed by atoms with E-state index in [1.807, 2.05) is 31.3 Å². The summed E-state index contributed by atoms with van der Waals surface area (Å²) in [4.78, 5) is 15.0. The number of hydrogen-bond donors (Lipinski definition) is 1. The molecule has 1 N–H and O–H groups in total. The monoisotopic (exact) mass is 414 g/mol. The van der Waals surface area contributed by atoms with Crippen LogP contribution in [0.15, 0.2) is 48.5 Å². The zero-order valence-electron chi connectivity index (χ0n) is 16.9. The fourth-order valence-electron chi connectivity index (χ4n) is 2.97. The van der Waals surface area contributed by atoms with E-state index in [2.05, 4.69) is 29.2 Å². The van der Waals surface area contributed by atoms with Crippen LogP contribution in [0.4, 0.5) is 15.8 Å². The predicted molar refractivity (Wildman–Crippen MR) is 115 cm³/mol. The molecule has 7 heteroatoms. The zero-order valence-corrected chi connectivity index (χ0v) is 17.7. The van der Waals surface area contributed by atoms with Gasteiger partial charge in [0.05, 0.1) is 17.8 Å². The molecule has 0 saturated heterocycles. The van der Waals surface area contributed by atoms with E-state index in [-0.39, 0.29) is 16.9 Å². The Labute approximate surface area is 175 Å². The summed E-state index contributed by atoms with van der Waals surface area (Å²) in [5.41, 5.74) is 3.39. The number of hydrogen-bond acceptors (Lipinski definition) is 3. The number of carbonyl (C=O) groups excluding carboxylic acids is 1. The molecule has 0 aliphatic rings. The first kappa shape index (κ1) is 20.9. The van der Waals surface area contributed by atoms with Crippen molar-refractivity contribution in [3.8, 4) is 0 Å². The molecular formula is C22H24ClFN4O. The maximum atomic E-state index is 13.1. The van der Waals surface area contributed by atoms with E-state index in [1.54, 1.807) is 23.7 Å². The van der Waals surface area contributed by atoms with Gasteiger partial charge >= 0.3 is 0 Å². The molecule has 0 saturated carbocycles. The Hall–Kier alpha value is -2.86. The van der Waals surface area contributed by atoms with Crippen molar-refractivity contribution < 1.29 is 9.18 Å². The molecule has 1 amide bonds. The molecule has 29 heavy (non-hydrogen) atoms. The lowest BCUT2D eigenvalue weighted by atomic mass is 10.2. The van der Waals surface area contributed by atoms with E-state index < -0.39 is 0 Å². The molecular weight excluding hydrogens is 391 g/mol. The minimum Gasteiger partial charge on any atom is -0.372 e. The second-order valence-electron chi connectivity index (χ2n) is 7.24. The summed E-state index contributed by atoms with van der Waals surface area (Å²) in [5.74, 6) is -0.621. The summed E-state index contributed by atoms with van der Waals surface area (Å²) in [6, 6.07) is 14.1. The lowest BCUT2D eigenvalue weighted by Crippen LogP contribution is -2.25. The molecule has 3 rings (SSSR count). The topological polar surface area (TPSA) is 50.2 Å². The predicted octanol–water partition coefficient (Wildman–Crippen LogP) is 5.13. The Morgan fingerprint density at radius 1 is 1.24 bits per heavy atom. The third-order valence-electron chi connectivity index (χ3n) is 4.82. The summed E-state index contributed by atoms with van der Waals surface area (Å²) >= 11 is 6.45. The standard InChI is InChI=1S/C22H24ClFN4O/c1-14(2)27(4)19-7-5-6-18(12-19)25-22(29)20-15(3)26-28(21(20)23)13-16-8-10-17(24)11-9-16/h5-12,14H,13H2,1-4H3,(H,25,29). The van der Waals surface area contributed by atoms with E-state index in [9.17, 15) is 9.18 Å². The first-order valence-electron chi connectivity index (χ1n) is 9.38. The van der Waals surface area contributed by atoms with Crippen LogP contribution in [-0.4, -0.2) is 28.8 Å². The van der Waals surface area contributed by atoms with Gasteiger partial charge in [0, 0.05) is 24.5 Å². The quantitative estimate of drug-likeness (QED) is 0.608. The number of aromatic nitrogens is 2. The van der Waals surface area contributed by atoms with Crippen molar-refractivity contribution in [1.82, 2.24) is 9.78 Å². The number of amides is 1. The Kier molecular flexibility index (Phi) is 6.23. The van der Waals surface area contributed by atoms with Crippen LogP contribution in [0.1, 0.15) is 35.5 Å². The van der Waals surface area contributed by atoms with Crippen molar-refractivity contribution in [2.24, 2.45) is 0 Å². The van der Waals surface area contributed by atoms with Crippen molar-refractivity contribution in [2.75, 3.05) is 17.3 Å². The number of carbonyl (C=O) groups is 1. The summed E-state index contributed by atoms with van der Waals surface area (Å²) in [6.07, 6.45) is 0. The van der Waals surface area contributed by atoms with E-state index in [0.717, 1.165) is 11.3 Å². The first-order chi connectivity index (χ1) is 13.8. The van der Waals surface area contributed by atoms with Crippen molar-refractivity contribution in [2.45, 2.75) is 33.4 Å². The third kappa shape index (κ3) is 4.77. The van der Waals surface area contributed by atoms with Gasteiger partial charge in [-0.1, -0.05) is 29.8 Å². The lowest BCUT2D eigenvalue weighted by Gasteiger charge is -2.24. The highest BCUT2D eigenvalue weighted by molar-refractivity contribution is 6.33. The van der Waals surface area contributed by atoms with Crippen molar-refractivity contribution in [1.29, 1.82) is 0 Å². The molecule has 0 radical (unpaired) electrons. The minimum atomic E-state index is -0.317. The van der Waals surface area contributed by atoms with Gasteiger partial charge in [-0.3, -0.25) is 4.79 Å². The van der Waals surface area contributed by atoms with Gasteiger partial charge < -0.3 is 10.2 Å². The SMILES string of the molecule is Cc1nn(Cc2ccc(F)cc2)c(Cl)c1C(=O)Nc1cccc(N(C)C(C)C)c1. The number of nitrogens with one attached hydrogen (secondary N) is 1. The molecule has 1 heterocycles. The number of aryl methyl sites for hydroxylation is 1. The molecule has 0 spiro atoms. The highest BCUT2D eigenvalue weighted by Gasteiger charge is 2.21. The molecule has 0 atom stereocenters. The summed E-state index contributed by atoms with van der Waals surface area (Å²) < 4.78 is 14.6. The Morgan fingerprint density at radius 3 is 2.59 bits per heavy atom. The normalized spacial score (nSPS) is 11.0. The summed E-state index contributed by atoms with van der Waals surface area (Å²) in [5, 5.41) is 7.54. The zero-order chi connectivity index (χ0) is 21.1. The van der Waals surface area contributed by atoms with E-state index in [1.165, 1.54) is 12.1 Å². The highest BCUT2D eigenvalue weighted by Crippen LogP contribution is 2.24. The van der Waals surface area contributed by atoms with Gasteiger partial charge in [-0.15, -0.1) is 0 Å². The molecule has 0 bridgehead atoms. The number of nitrogens with zero attached hydrogens (tertiary/aromatic N) is 3. The number of halogens is 2. The minimum absolute atomic E-state index is 0.250. The van der Waals surface area contributed by atoms with Gasteiger partial charge in [-0.25, -0.2) is 9.07 Å². The fraction of sp³-hybridized carbons (Fsp3) is 0.273. The molecule has 2 aromatic carbocycles. The second kappa shape index (κ2) is 8.66. The smallest absolute Gasteiger partial charge is 0.260 e. The Balaban J connectivity index is 1.80. The molecule has 0 unspecified atom stereocenters. The van der Waals surface area contributed by atoms with Gasteiger partial charge in [0.2, 0.25) is 0 Å². The van der Waals surface area contributed by atoms with E-state index in [0.29, 0.717) is 29.5 Å². The Bertz CT molecular complexity index is 1010. The van der Waals surface area contributed by atoms with E-state index >= 15 is 0 Å². The van der Waals surface area contributed by atoms with Crippen LogP contribution in [0, 0.1) is 12.7 Å². The largest absolute Gasteiger partial charge is 0.372 e. The second-order valence-corrected chi connectivity index (χ2v) is 7.60. The highest BCUT2D eigenvalue weighted by atomic mass is 35.5. The maximum absolute atomic E-state index is 13.1.